The maximum Gasteiger partial charge on any atom is 0.0788 e. The molecule has 0 spiro atoms. The van der Waals surface area contributed by atoms with Crippen molar-refractivity contribution in [2.75, 3.05) is 0 Å². The second-order valence-electron chi connectivity index (χ2n) is 14.1. The van der Waals surface area contributed by atoms with E-state index in [1.807, 2.05) is 0 Å². The Labute approximate surface area is 313 Å². The predicted molar refractivity (Wildman–Crippen MR) is 229 cm³/mol. The fourth-order valence-electron chi connectivity index (χ4n) is 8.81. The van der Waals surface area contributed by atoms with Crippen molar-refractivity contribution < 1.29 is 0 Å². The first-order valence-electron chi connectivity index (χ1n) is 18.6. The number of benzene rings is 9. The number of nitrogens with zero attached hydrogens (tertiary/aromatic N) is 2. The molecule has 0 aliphatic rings. The molecule has 11 aromatic rings. The second kappa shape index (κ2) is 12.2. The van der Waals surface area contributed by atoms with Gasteiger partial charge in [-0.15, -0.1) is 0 Å². The van der Waals surface area contributed by atoms with Gasteiger partial charge in [-0.05, 0) is 79.7 Å². The summed E-state index contributed by atoms with van der Waals surface area (Å²) in [5.41, 5.74) is 13.3. The Morgan fingerprint density at radius 1 is 0.278 bits per heavy atom. The van der Waals surface area contributed by atoms with Crippen LogP contribution in [0.5, 0.6) is 0 Å². The van der Waals surface area contributed by atoms with Gasteiger partial charge in [-0.3, -0.25) is 0 Å². The molecule has 9 aromatic carbocycles. The third-order valence-corrected chi connectivity index (χ3v) is 11.1. The molecule has 0 aliphatic carbocycles. The molecule has 252 valence electrons. The quantitative estimate of drug-likeness (QED) is 0.160. The van der Waals surface area contributed by atoms with Crippen molar-refractivity contribution >= 4 is 54.3 Å². The van der Waals surface area contributed by atoms with Gasteiger partial charge in [0.25, 0.3) is 0 Å². The first kappa shape index (κ1) is 30.5. The van der Waals surface area contributed by atoms with Crippen LogP contribution < -0.4 is 0 Å². The molecule has 0 fully saturated rings. The van der Waals surface area contributed by atoms with Gasteiger partial charge in [0.2, 0.25) is 0 Å². The lowest BCUT2D eigenvalue weighted by Gasteiger charge is -2.18. The summed E-state index contributed by atoms with van der Waals surface area (Å²) in [5.74, 6) is 0. The highest BCUT2D eigenvalue weighted by molar-refractivity contribution is 6.22. The van der Waals surface area contributed by atoms with Gasteiger partial charge >= 0.3 is 0 Å². The highest BCUT2D eigenvalue weighted by Gasteiger charge is 2.22. The molecule has 54 heavy (non-hydrogen) atoms. The lowest BCUT2D eigenvalue weighted by atomic mass is 9.86. The largest absolute Gasteiger partial charge is 0.314 e. The number of hydrogen-bond donors (Lipinski definition) is 0. The Hall–Kier alpha value is -7.16. The number of aromatic nitrogens is 2. The summed E-state index contributed by atoms with van der Waals surface area (Å²) in [4.78, 5) is 0. The lowest BCUT2D eigenvalue weighted by molar-refractivity contribution is 1.12. The fraction of sp³-hybridized carbons (Fsp3) is 0. The predicted octanol–water partition coefficient (Wildman–Crippen LogP) is 14.0. The molecule has 0 saturated carbocycles. The molecule has 0 amide bonds. The third-order valence-electron chi connectivity index (χ3n) is 11.1. The summed E-state index contributed by atoms with van der Waals surface area (Å²) in [7, 11) is 0. The molecule has 2 aromatic heterocycles. The number of fused-ring (bicyclic) bond motifs is 7. The average molecular weight is 687 g/mol. The van der Waals surface area contributed by atoms with Crippen LogP contribution in [0.3, 0.4) is 0 Å². The van der Waals surface area contributed by atoms with Crippen LogP contribution in [-0.2, 0) is 0 Å². The van der Waals surface area contributed by atoms with Gasteiger partial charge < -0.3 is 9.13 Å². The zero-order valence-corrected chi connectivity index (χ0v) is 29.5. The van der Waals surface area contributed by atoms with Gasteiger partial charge in [-0.25, -0.2) is 0 Å². The van der Waals surface area contributed by atoms with E-state index in [-0.39, 0.29) is 0 Å². The van der Waals surface area contributed by atoms with Crippen molar-refractivity contribution in [1.82, 2.24) is 9.13 Å². The van der Waals surface area contributed by atoms with E-state index in [9.17, 15) is 0 Å². The monoisotopic (exact) mass is 686 g/mol. The van der Waals surface area contributed by atoms with Crippen molar-refractivity contribution in [2.24, 2.45) is 0 Å². The van der Waals surface area contributed by atoms with Crippen molar-refractivity contribution in [2.45, 2.75) is 0 Å². The van der Waals surface area contributed by atoms with E-state index in [1.54, 1.807) is 0 Å². The molecule has 0 aliphatic heterocycles. The Kier molecular flexibility index (Phi) is 6.90. The van der Waals surface area contributed by atoms with Crippen LogP contribution in [0, 0.1) is 0 Å². The SMILES string of the molecule is c1ccc(-c2c3ccccc3c(-c3ccc(-n4c5ccccc5c5ccc6c(-c7ccccc7)cn(-c7ccccc7)c6c54)cc3)c3ccccc23)cc1. The molecule has 2 heteroatoms. The Morgan fingerprint density at radius 2 is 0.741 bits per heavy atom. The van der Waals surface area contributed by atoms with Crippen molar-refractivity contribution in [3.63, 3.8) is 0 Å². The van der Waals surface area contributed by atoms with Crippen LogP contribution in [0.15, 0.2) is 206 Å². The van der Waals surface area contributed by atoms with E-state index in [1.165, 1.54) is 87.6 Å². The van der Waals surface area contributed by atoms with Crippen LogP contribution in [-0.4, -0.2) is 9.13 Å². The third kappa shape index (κ3) is 4.60. The molecule has 0 N–H and O–H groups in total. The van der Waals surface area contributed by atoms with Gasteiger partial charge in [-0.1, -0.05) is 170 Å². The molecule has 0 bridgehead atoms. The maximum absolute atomic E-state index is 2.47. The van der Waals surface area contributed by atoms with E-state index in [4.69, 9.17) is 0 Å². The van der Waals surface area contributed by atoms with Crippen molar-refractivity contribution in [3.8, 4) is 44.8 Å². The van der Waals surface area contributed by atoms with Crippen molar-refractivity contribution in [3.05, 3.63) is 206 Å². The van der Waals surface area contributed by atoms with E-state index < -0.39 is 0 Å². The van der Waals surface area contributed by atoms with Gasteiger partial charge in [0.1, 0.15) is 0 Å². The smallest absolute Gasteiger partial charge is 0.0788 e. The summed E-state index contributed by atoms with van der Waals surface area (Å²) in [6.07, 6.45) is 2.31. The minimum Gasteiger partial charge on any atom is -0.314 e. The molecule has 0 saturated heterocycles. The van der Waals surface area contributed by atoms with Crippen LogP contribution in [0.1, 0.15) is 0 Å². The molecule has 0 atom stereocenters. The first-order valence-corrected chi connectivity index (χ1v) is 18.6. The number of hydrogen-bond acceptors (Lipinski definition) is 0. The summed E-state index contributed by atoms with van der Waals surface area (Å²) >= 11 is 0. The normalized spacial score (nSPS) is 11.7. The number of rotatable bonds is 5. The summed E-state index contributed by atoms with van der Waals surface area (Å²) in [6, 6.07) is 72.8. The molecule has 0 unspecified atom stereocenters. The highest BCUT2D eigenvalue weighted by atomic mass is 15.0. The van der Waals surface area contributed by atoms with E-state index in [0.29, 0.717) is 0 Å². The van der Waals surface area contributed by atoms with Gasteiger partial charge in [0.15, 0.2) is 0 Å². The maximum atomic E-state index is 2.47. The molecular weight excluding hydrogens is 653 g/mol. The second-order valence-corrected chi connectivity index (χ2v) is 14.1. The Balaban J connectivity index is 1.18. The minimum atomic E-state index is 1.13. The molecule has 0 radical (unpaired) electrons. The van der Waals surface area contributed by atoms with E-state index >= 15 is 0 Å². The standard InChI is InChI=1S/C52H34N2/c1-4-16-35(17-5-1)47-34-53(38-20-8-3-9-21-38)51-46(47)33-32-45-40-22-14-15-27-48(40)54(52(45)51)39-30-28-37(29-31-39)50-43-25-12-10-23-41(43)49(36-18-6-2-7-19-36)42-24-11-13-26-44(42)50/h1-34H. The number of para-hydroxylation sites is 2. The zero-order valence-electron chi connectivity index (χ0n) is 29.5. The lowest BCUT2D eigenvalue weighted by Crippen LogP contribution is -1.98. The van der Waals surface area contributed by atoms with Gasteiger partial charge in [0, 0.05) is 39.3 Å². The van der Waals surface area contributed by atoms with Crippen LogP contribution >= 0.6 is 0 Å². The van der Waals surface area contributed by atoms with Crippen molar-refractivity contribution in [1.29, 1.82) is 0 Å². The van der Waals surface area contributed by atoms with Crippen LogP contribution in [0.2, 0.25) is 0 Å². The highest BCUT2D eigenvalue weighted by Crippen LogP contribution is 2.45. The fourth-order valence-corrected chi connectivity index (χ4v) is 8.81. The average Bonchev–Trinajstić information content (AvgIpc) is 3.80. The van der Waals surface area contributed by atoms with E-state index in [0.717, 1.165) is 11.4 Å². The molecule has 2 nitrogen and oxygen atoms in total. The molecular formula is C52H34N2. The van der Waals surface area contributed by atoms with Crippen LogP contribution in [0.25, 0.3) is 99.0 Å². The Morgan fingerprint density at radius 3 is 1.33 bits per heavy atom. The van der Waals surface area contributed by atoms with Gasteiger partial charge in [-0.2, -0.15) is 0 Å². The Bertz CT molecular complexity index is 3110. The summed E-state index contributed by atoms with van der Waals surface area (Å²) in [6.45, 7) is 0. The molecule has 2 heterocycles. The summed E-state index contributed by atoms with van der Waals surface area (Å²) < 4.78 is 4.86. The topological polar surface area (TPSA) is 9.86 Å². The zero-order chi connectivity index (χ0) is 35.6. The minimum absolute atomic E-state index is 1.13. The van der Waals surface area contributed by atoms with E-state index in [2.05, 4.69) is 216 Å². The summed E-state index contributed by atoms with van der Waals surface area (Å²) in [5, 5.41) is 8.77. The molecule has 11 rings (SSSR count). The van der Waals surface area contributed by atoms with Crippen LogP contribution in [0.4, 0.5) is 0 Å². The first-order chi connectivity index (χ1) is 26.8. The van der Waals surface area contributed by atoms with Gasteiger partial charge in [0.05, 0.1) is 16.6 Å².